The summed E-state index contributed by atoms with van der Waals surface area (Å²) in [6.45, 7) is 0.421. The molecule has 0 bridgehead atoms. The fourth-order valence-corrected chi connectivity index (χ4v) is 5.92. The molecule has 1 aromatic heterocycles. The molecule has 4 aromatic rings. The van der Waals surface area contributed by atoms with Gasteiger partial charge < -0.3 is 24.7 Å². The molecule has 1 saturated heterocycles. The molecule has 0 unspecified atom stereocenters. The van der Waals surface area contributed by atoms with E-state index in [0.29, 0.717) is 40.5 Å². The van der Waals surface area contributed by atoms with Crippen molar-refractivity contribution in [2.24, 2.45) is 0 Å². The summed E-state index contributed by atoms with van der Waals surface area (Å²) in [5, 5.41) is 8.64. The number of methoxy groups -OCH3 is 1. The lowest BCUT2D eigenvalue weighted by Crippen LogP contribution is -2.50. The van der Waals surface area contributed by atoms with Crippen molar-refractivity contribution in [3.8, 4) is 11.1 Å². The van der Waals surface area contributed by atoms with Crippen LogP contribution in [0.5, 0.6) is 0 Å². The molecule has 0 saturated carbocycles. The number of ether oxygens (including phenoxy) is 2. The number of carbonyl (C=O) groups excluding carboxylic acids is 4. The van der Waals surface area contributed by atoms with Gasteiger partial charge in [-0.15, -0.1) is 0 Å². The Labute approximate surface area is 263 Å². The van der Waals surface area contributed by atoms with Crippen molar-refractivity contribution in [2.45, 2.75) is 24.5 Å². The summed E-state index contributed by atoms with van der Waals surface area (Å²) in [7, 11) is 1.26. The first-order valence-corrected chi connectivity index (χ1v) is 14.7. The third kappa shape index (κ3) is 6.34. The first-order chi connectivity index (χ1) is 21.7. The van der Waals surface area contributed by atoms with Crippen LogP contribution in [-0.4, -0.2) is 60.1 Å². The first-order valence-electron chi connectivity index (χ1n) is 14.3. The van der Waals surface area contributed by atoms with Crippen molar-refractivity contribution < 1.29 is 28.7 Å². The van der Waals surface area contributed by atoms with Gasteiger partial charge in [-0.25, -0.2) is 9.59 Å². The standard InChI is InChI=1S/C33H30ClN5O6/c1-44-31(42)36-25-9-6-22(7-10-25)29(40)37-28(16-20-2-4-21(5-3-20)23-12-14-35-18-23)30(41)39-15-13-33(19-39)26-17-24(34)8-11-27(26)38-32(43)45-33/h2-12,14,17-18,28,35H,13,15-16,19H2,1H3,(H,36,42)(H,37,40)(H,38,43)/t28-,33-/m0/s1. The number of amides is 4. The molecule has 4 N–H and O–H groups in total. The summed E-state index contributed by atoms with van der Waals surface area (Å²) in [6.07, 6.45) is 3.12. The fraction of sp³-hybridized carbons (Fsp3) is 0.212. The van der Waals surface area contributed by atoms with Gasteiger partial charge in [0.1, 0.15) is 6.04 Å². The monoisotopic (exact) mass is 627 g/mol. The molecule has 0 radical (unpaired) electrons. The average Bonchev–Trinajstić information content (AvgIpc) is 3.73. The molecule has 4 amide bonds. The number of benzene rings is 3. The van der Waals surface area contributed by atoms with Gasteiger partial charge in [0.15, 0.2) is 5.60 Å². The Morgan fingerprint density at radius 1 is 1.04 bits per heavy atom. The zero-order valence-corrected chi connectivity index (χ0v) is 25.0. The minimum absolute atomic E-state index is 0.110. The van der Waals surface area contributed by atoms with Gasteiger partial charge in [0.05, 0.1) is 19.3 Å². The smallest absolute Gasteiger partial charge is 0.412 e. The lowest BCUT2D eigenvalue weighted by atomic mass is 9.90. The van der Waals surface area contributed by atoms with E-state index in [-0.39, 0.29) is 18.9 Å². The van der Waals surface area contributed by atoms with Crippen LogP contribution in [0.25, 0.3) is 11.1 Å². The van der Waals surface area contributed by atoms with Gasteiger partial charge in [-0.1, -0.05) is 35.9 Å². The number of aromatic amines is 1. The Hall–Kier alpha value is -5.29. The van der Waals surface area contributed by atoms with Crippen LogP contribution in [0.15, 0.2) is 85.2 Å². The predicted molar refractivity (Wildman–Crippen MR) is 168 cm³/mol. The highest BCUT2D eigenvalue weighted by Gasteiger charge is 2.49. The highest BCUT2D eigenvalue weighted by Crippen LogP contribution is 2.44. The third-order valence-corrected chi connectivity index (χ3v) is 8.28. The minimum atomic E-state index is -1.06. The van der Waals surface area contributed by atoms with E-state index in [1.807, 2.05) is 42.7 Å². The fourth-order valence-electron chi connectivity index (χ4n) is 5.75. The van der Waals surface area contributed by atoms with E-state index in [9.17, 15) is 19.2 Å². The van der Waals surface area contributed by atoms with Crippen LogP contribution >= 0.6 is 11.6 Å². The Morgan fingerprint density at radius 3 is 2.53 bits per heavy atom. The van der Waals surface area contributed by atoms with Gasteiger partial charge in [-0.3, -0.25) is 20.2 Å². The summed E-state index contributed by atoms with van der Waals surface area (Å²) in [5.41, 5.74) is 3.88. The number of hydrogen-bond donors (Lipinski definition) is 4. The number of nitrogens with zero attached hydrogens (tertiary/aromatic N) is 1. The van der Waals surface area contributed by atoms with Crippen LogP contribution < -0.4 is 16.0 Å². The quantitative estimate of drug-likeness (QED) is 0.212. The molecule has 2 aliphatic heterocycles. The number of aromatic nitrogens is 1. The van der Waals surface area contributed by atoms with E-state index in [1.54, 1.807) is 47.4 Å². The first kappa shape index (κ1) is 29.8. The van der Waals surface area contributed by atoms with Crippen molar-refractivity contribution in [3.63, 3.8) is 0 Å². The number of hydrogen-bond acceptors (Lipinski definition) is 6. The normalized spacial score (nSPS) is 17.6. The topological polar surface area (TPSA) is 142 Å². The van der Waals surface area contributed by atoms with Crippen LogP contribution in [0.2, 0.25) is 5.02 Å². The highest BCUT2D eigenvalue weighted by atomic mass is 35.5. The average molecular weight is 628 g/mol. The van der Waals surface area contributed by atoms with Gasteiger partial charge in [0.2, 0.25) is 5.91 Å². The molecule has 230 valence electrons. The molecular weight excluding hydrogens is 598 g/mol. The molecule has 3 aromatic carbocycles. The number of nitrogens with one attached hydrogen (secondary N) is 4. The lowest BCUT2D eigenvalue weighted by Gasteiger charge is -2.35. The largest absolute Gasteiger partial charge is 0.453 e. The van der Waals surface area contributed by atoms with E-state index < -0.39 is 29.7 Å². The molecule has 6 rings (SSSR count). The van der Waals surface area contributed by atoms with Crippen LogP contribution in [0.3, 0.4) is 0 Å². The predicted octanol–water partition coefficient (Wildman–Crippen LogP) is 5.54. The summed E-state index contributed by atoms with van der Waals surface area (Å²) >= 11 is 6.29. The zero-order chi connectivity index (χ0) is 31.6. The van der Waals surface area contributed by atoms with Crippen LogP contribution in [0, 0.1) is 0 Å². The van der Waals surface area contributed by atoms with Crippen LogP contribution in [0.1, 0.15) is 27.9 Å². The number of H-pyrrole nitrogens is 1. The third-order valence-electron chi connectivity index (χ3n) is 8.05. The number of fused-ring (bicyclic) bond motifs is 2. The molecule has 1 fully saturated rings. The highest BCUT2D eigenvalue weighted by molar-refractivity contribution is 6.30. The maximum Gasteiger partial charge on any atom is 0.412 e. The van der Waals surface area contributed by atoms with E-state index in [4.69, 9.17) is 16.3 Å². The number of likely N-dealkylation sites (tertiary alicyclic amines) is 1. The van der Waals surface area contributed by atoms with Crippen molar-refractivity contribution in [1.29, 1.82) is 0 Å². The maximum atomic E-state index is 14.1. The molecule has 0 aliphatic carbocycles. The van der Waals surface area contributed by atoms with Crippen molar-refractivity contribution in [3.05, 3.63) is 107 Å². The van der Waals surface area contributed by atoms with Crippen LogP contribution in [0.4, 0.5) is 21.0 Å². The zero-order valence-electron chi connectivity index (χ0n) is 24.3. The molecule has 45 heavy (non-hydrogen) atoms. The second-order valence-electron chi connectivity index (χ2n) is 10.9. The second kappa shape index (κ2) is 12.4. The number of carbonyl (C=O) groups is 4. The Kier molecular flexibility index (Phi) is 8.18. The van der Waals surface area contributed by atoms with Crippen LogP contribution in [-0.2, 0) is 26.3 Å². The van der Waals surface area contributed by atoms with E-state index in [2.05, 4.69) is 25.7 Å². The summed E-state index contributed by atoms with van der Waals surface area (Å²) in [4.78, 5) is 56.2. The number of rotatable bonds is 7. The van der Waals surface area contributed by atoms with Crippen molar-refractivity contribution in [1.82, 2.24) is 15.2 Å². The Morgan fingerprint density at radius 2 is 1.82 bits per heavy atom. The molecule has 2 atom stereocenters. The number of anilines is 2. The second-order valence-corrected chi connectivity index (χ2v) is 11.4. The molecule has 11 nitrogen and oxygen atoms in total. The van der Waals surface area contributed by atoms with Gasteiger partial charge in [0, 0.05) is 53.6 Å². The van der Waals surface area contributed by atoms with Crippen molar-refractivity contribution >= 4 is 47.0 Å². The molecule has 12 heteroatoms. The molecule has 1 spiro atoms. The summed E-state index contributed by atoms with van der Waals surface area (Å²) < 4.78 is 10.4. The number of halogens is 1. The minimum Gasteiger partial charge on any atom is -0.453 e. The maximum absolute atomic E-state index is 14.1. The van der Waals surface area contributed by atoms with E-state index in [0.717, 1.165) is 16.7 Å². The van der Waals surface area contributed by atoms with Gasteiger partial charge >= 0.3 is 12.2 Å². The Bertz CT molecular complexity index is 1740. The van der Waals surface area contributed by atoms with Gasteiger partial charge in [0.25, 0.3) is 5.91 Å². The molecule has 3 heterocycles. The summed E-state index contributed by atoms with van der Waals surface area (Å²) in [5.74, 6) is -0.765. The molecular formula is C33H30ClN5O6. The van der Waals surface area contributed by atoms with Gasteiger partial charge in [-0.2, -0.15) is 0 Å². The molecule has 2 aliphatic rings. The van der Waals surface area contributed by atoms with Gasteiger partial charge in [-0.05, 0) is 65.2 Å². The summed E-state index contributed by atoms with van der Waals surface area (Å²) in [6, 6.07) is 20.2. The van der Waals surface area contributed by atoms with E-state index >= 15 is 0 Å². The van der Waals surface area contributed by atoms with Crippen molar-refractivity contribution in [2.75, 3.05) is 30.8 Å². The lowest BCUT2D eigenvalue weighted by molar-refractivity contribution is -0.133. The SMILES string of the molecule is COC(=O)Nc1ccc(C(=O)N[C@@H](Cc2ccc(-c3cc[nH]c3)cc2)C(=O)N2CC[C@@]3(C2)OC(=O)Nc2ccc(Cl)cc23)cc1. The Balaban J connectivity index is 1.24. The van der Waals surface area contributed by atoms with E-state index in [1.165, 1.54) is 7.11 Å².